The van der Waals surface area contributed by atoms with Gasteiger partial charge in [-0.05, 0) is 12.3 Å². The normalized spacial score (nSPS) is 47.2. The lowest BCUT2D eigenvalue weighted by molar-refractivity contribution is -0.118. The minimum atomic E-state index is 0.0804. The Morgan fingerprint density at radius 2 is 2.56 bits per heavy atom. The minimum absolute atomic E-state index is 0.0804. The van der Waals surface area contributed by atoms with Crippen molar-refractivity contribution < 1.29 is 9.90 Å². The topological polar surface area (TPSA) is 37.3 Å². The number of fused-ring (bicyclic) bond motifs is 1. The van der Waals surface area contributed by atoms with E-state index in [4.69, 9.17) is 5.11 Å². The molecule has 0 heterocycles. The molecule has 2 atom stereocenters. The molecule has 2 fully saturated rings. The second-order valence-electron chi connectivity index (χ2n) is 3.34. The summed E-state index contributed by atoms with van der Waals surface area (Å²) in [5.74, 6) is 0.898. The second kappa shape index (κ2) is 1.37. The highest BCUT2D eigenvalue weighted by Crippen LogP contribution is 2.61. The Kier molecular flexibility index (Phi) is 0.826. The maximum absolute atomic E-state index is 10.7. The number of carbonyl (C=O) groups excluding carboxylic acids is 1. The zero-order valence-corrected chi connectivity index (χ0v) is 5.26. The molecular formula is C7H10O2. The van der Waals surface area contributed by atoms with Gasteiger partial charge in [0.05, 0.1) is 0 Å². The molecule has 2 aliphatic rings. The van der Waals surface area contributed by atoms with Crippen LogP contribution in [0.15, 0.2) is 0 Å². The zero-order chi connectivity index (χ0) is 6.48. The SMILES string of the molecule is O=C1CC2CC2(CO)C1. The van der Waals surface area contributed by atoms with Crippen molar-refractivity contribution in [3.05, 3.63) is 0 Å². The molecule has 0 saturated heterocycles. The number of ketones is 1. The predicted octanol–water partition coefficient (Wildman–Crippen LogP) is 0.348. The summed E-state index contributed by atoms with van der Waals surface area (Å²) in [4.78, 5) is 10.7. The molecule has 0 bridgehead atoms. The monoisotopic (exact) mass is 126 g/mol. The van der Waals surface area contributed by atoms with Crippen LogP contribution in [-0.2, 0) is 4.79 Å². The van der Waals surface area contributed by atoms with Gasteiger partial charge in [0.25, 0.3) is 0 Å². The highest BCUT2D eigenvalue weighted by Gasteiger charge is 2.59. The lowest BCUT2D eigenvalue weighted by Gasteiger charge is -2.02. The first-order valence-corrected chi connectivity index (χ1v) is 3.39. The van der Waals surface area contributed by atoms with Gasteiger partial charge in [0, 0.05) is 24.9 Å². The Bertz CT molecular complexity index is 160. The van der Waals surface area contributed by atoms with Crippen molar-refractivity contribution in [2.75, 3.05) is 6.61 Å². The summed E-state index contributed by atoms with van der Waals surface area (Å²) in [7, 11) is 0. The Hall–Kier alpha value is -0.370. The van der Waals surface area contributed by atoms with Gasteiger partial charge in [-0.15, -0.1) is 0 Å². The molecule has 9 heavy (non-hydrogen) atoms. The van der Waals surface area contributed by atoms with Crippen molar-refractivity contribution in [2.45, 2.75) is 19.3 Å². The highest BCUT2D eigenvalue weighted by molar-refractivity contribution is 5.83. The lowest BCUT2D eigenvalue weighted by atomic mass is 10.1. The van der Waals surface area contributed by atoms with Gasteiger partial charge in [0.15, 0.2) is 0 Å². The van der Waals surface area contributed by atoms with Crippen LogP contribution in [-0.4, -0.2) is 17.5 Å². The number of rotatable bonds is 1. The Morgan fingerprint density at radius 1 is 1.78 bits per heavy atom. The minimum Gasteiger partial charge on any atom is -0.396 e. The van der Waals surface area contributed by atoms with Gasteiger partial charge in [-0.1, -0.05) is 0 Å². The quantitative estimate of drug-likeness (QED) is 0.550. The maximum atomic E-state index is 10.7. The van der Waals surface area contributed by atoms with E-state index >= 15 is 0 Å². The fourth-order valence-corrected chi connectivity index (χ4v) is 1.93. The molecular weight excluding hydrogens is 116 g/mol. The number of carbonyl (C=O) groups is 1. The molecule has 2 nitrogen and oxygen atoms in total. The number of aliphatic hydroxyl groups is 1. The van der Waals surface area contributed by atoms with Crippen LogP contribution in [0.3, 0.4) is 0 Å². The van der Waals surface area contributed by atoms with E-state index in [2.05, 4.69) is 0 Å². The number of Topliss-reactive ketones (excluding diaryl/α,β-unsaturated/α-hetero) is 1. The number of hydrogen-bond acceptors (Lipinski definition) is 2. The Morgan fingerprint density at radius 3 is 2.89 bits per heavy atom. The van der Waals surface area contributed by atoms with Gasteiger partial charge in [0.2, 0.25) is 0 Å². The molecule has 2 unspecified atom stereocenters. The van der Waals surface area contributed by atoms with Crippen molar-refractivity contribution in [2.24, 2.45) is 11.3 Å². The molecule has 0 aliphatic heterocycles. The van der Waals surface area contributed by atoms with E-state index in [1.165, 1.54) is 0 Å². The van der Waals surface area contributed by atoms with E-state index in [-0.39, 0.29) is 12.0 Å². The van der Waals surface area contributed by atoms with Crippen molar-refractivity contribution >= 4 is 5.78 Å². The molecule has 0 spiro atoms. The standard InChI is InChI=1S/C7H10O2/c8-4-7-2-5(7)1-6(9)3-7/h5,8H,1-4H2. The van der Waals surface area contributed by atoms with Crippen LogP contribution < -0.4 is 0 Å². The van der Waals surface area contributed by atoms with Gasteiger partial charge in [-0.25, -0.2) is 0 Å². The third-order valence-electron chi connectivity index (χ3n) is 2.70. The second-order valence-corrected chi connectivity index (χ2v) is 3.34. The van der Waals surface area contributed by atoms with E-state index in [9.17, 15) is 4.79 Å². The number of hydrogen-bond donors (Lipinski definition) is 1. The summed E-state index contributed by atoms with van der Waals surface area (Å²) in [6, 6.07) is 0. The largest absolute Gasteiger partial charge is 0.396 e. The van der Waals surface area contributed by atoms with Gasteiger partial charge in [-0.3, -0.25) is 4.79 Å². The summed E-state index contributed by atoms with van der Waals surface area (Å²) >= 11 is 0. The van der Waals surface area contributed by atoms with Crippen LogP contribution in [0.4, 0.5) is 0 Å². The van der Waals surface area contributed by atoms with E-state index in [1.54, 1.807) is 0 Å². The molecule has 2 rings (SSSR count). The molecule has 2 saturated carbocycles. The van der Waals surface area contributed by atoms with Crippen LogP contribution in [0.1, 0.15) is 19.3 Å². The summed E-state index contributed by atoms with van der Waals surface area (Å²) in [5, 5.41) is 8.83. The maximum Gasteiger partial charge on any atom is 0.133 e. The Labute approximate surface area is 53.9 Å². The summed E-state index contributed by atoms with van der Waals surface area (Å²) < 4.78 is 0. The van der Waals surface area contributed by atoms with Crippen LogP contribution in [0, 0.1) is 11.3 Å². The molecule has 1 N–H and O–H groups in total. The molecule has 0 aromatic heterocycles. The van der Waals surface area contributed by atoms with Gasteiger partial charge < -0.3 is 5.11 Å². The molecule has 2 heteroatoms. The van der Waals surface area contributed by atoms with Gasteiger partial charge in [-0.2, -0.15) is 0 Å². The van der Waals surface area contributed by atoms with Crippen LogP contribution in [0.25, 0.3) is 0 Å². The van der Waals surface area contributed by atoms with Crippen LogP contribution in [0.5, 0.6) is 0 Å². The molecule has 50 valence electrons. The zero-order valence-electron chi connectivity index (χ0n) is 5.26. The van der Waals surface area contributed by atoms with Crippen molar-refractivity contribution in [1.82, 2.24) is 0 Å². The first kappa shape index (κ1) is 5.42. The average molecular weight is 126 g/mol. The number of aliphatic hydroxyl groups excluding tert-OH is 1. The summed E-state index contributed by atoms with van der Waals surface area (Å²) in [5.41, 5.74) is 0.0804. The van der Waals surface area contributed by atoms with E-state index in [1.807, 2.05) is 0 Å². The average Bonchev–Trinajstić information content (AvgIpc) is 2.38. The van der Waals surface area contributed by atoms with Gasteiger partial charge >= 0.3 is 0 Å². The van der Waals surface area contributed by atoms with Gasteiger partial charge in [0.1, 0.15) is 5.78 Å². The van der Waals surface area contributed by atoms with Crippen molar-refractivity contribution in [1.29, 1.82) is 0 Å². The highest BCUT2D eigenvalue weighted by atomic mass is 16.3. The lowest BCUT2D eigenvalue weighted by Crippen LogP contribution is -2.06. The fraction of sp³-hybridized carbons (Fsp3) is 0.857. The first-order chi connectivity index (χ1) is 4.27. The molecule has 2 aliphatic carbocycles. The molecule has 0 amide bonds. The fourth-order valence-electron chi connectivity index (χ4n) is 1.93. The molecule has 0 radical (unpaired) electrons. The van der Waals surface area contributed by atoms with Crippen molar-refractivity contribution in [3.63, 3.8) is 0 Å². The molecule has 0 aromatic carbocycles. The van der Waals surface area contributed by atoms with Crippen LogP contribution >= 0.6 is 0 Å². The third kappa shape index (κ3) is 0.568. The van der Waals surface area contributed by atoms with E-state index in [0.29, 0.717) is 18.1 Å². The van der Waals surface area contributed by atoms with Crippen molar-refractivity contribution in [3.8, 4) is 0 Å². The smallest absolute Gasteiger partial charge is 0.133 e. The third-order valence-corrected chi connectivity index (χ3v) is 2.70. The van der Waals surface area contributed by atoms with E-state index < -0.39 is 0 Å². The summed E-state index contributed by atoms with van der Waals surface area (Å²) in [6.45, 7) is 0.226. The van der Waals surface area contributed by atoms with E-state index in [0.717, 1.165) is 12.8 Å². The first-order valence-electron chi connectivity index (χ1n) is 3.39. The Balaban J connectivity index is 2.13. The summed E-state index contributed by atoms with van der Waals surface area (Å²) in [6.07, 6.45) is 2.48. The molecule has 0 aromatic rings. The predicted molar refractivity (Wildman–Crippen MR) is 31.9 cm³/mol. The van der Waals surface area contributed by atoms with Crippen LogP contribution in [0.2, 0.25) is 0 Å².